The summed E-state index contributed by atoms with van der Waals surface area (Å²) in [6, 6.07) is 58.7. The summed E-state index contributed by atoms with van der Waals surface area (Å²) < 4.78 is 4.49. The topological polar surface area (TPSA) is 57.4 Å². The van der Waals surface area contributed by atoms with E-state index < -0.39 is 0 Å². The van der Waals surface area contributed by atoms with Crippen molar-refractivity contribution in [3.05, 3.63) is 169 Å². The van der Waals surface area contributed by atoms with Gasteiger partial charge >= 0.3 is 0 Å². The molecule has 2 aromatic heterocycles. The van der Waals surface area contributed by atoms with Crippen molar-refractivity contribution in [3.8, 4) is 45.8 Å². The van der Waals surface area contributed by atoms with Gasteiger partial charge in [0, 0.05) is 32.8 Å². The lowest BCUT2D eigenvalue weighted by Crippen LogP contribution is -1.99. The number of fused-ring (bicyclic) bond motifs is 6. The summed E-state index contributed by atoms with van der Waals surface area (Å²) in [4.78, 5) is 0. The van der Waals surface area contributed by atoms with Crippen molar-refractivity contribution in [2.75, 3.05) is 0 Å². The lowest BCUT2D eigenvalue weighted by atomic mass is 9.94. The third-order valence-electron chi connectivity index (χ3n) is 9.43. The van der Waals surface area contributed by atoms with Crippen LogP contribution in [-0.2, 0) is 0 Å². The van der Waals surface area contributed by atoms with Gasteiger partial charge in [-0.2, -0.15) is 10.5 Å². The van der Waals surface area contributed by atoms with Crippen LogP contribution in [0, 0.1) is 22.7 Å². The quantitative estimate of drug-likeness (QED) is 0.199. The Labute approximate surface area is 277 Å². The summed E-state index contributed by atoms with van der Waals surface area (Å²) in [6.45, 7) is 0. The van der Waals surface area contributed by atoms with Gasteiger partial charge in [0.25, 0.3) is 0 Å². The molecule has 0 fully saturated rings. The van der Waals surface area contributed by atoms with Crippen LogP contribution >= 0.6 is 0 Å². The molecule has 4 nitrogen and oxygen atoms in total. The maximum absolute atomic E-state index is 10.3. The molecule has 0 atom stereocenters. The van der Waals surface area contributed by atoms with Crippen LogP contribution in [-0.4, -0.2) is 9.13 Å². The Balaban J connectivity index is 1.17. The van der Waals surface area contributed by atoms with E-state index in [9.17, 15) is 10.5 Å². The second kappa shape index (κ2) is 10.9. The molecule has 4 heteroatoms. The molecular weight excluding hydrogens is 585 g/mol. The van der Waals surface area contributed by atoms with Crippen LogP contribution in [0.15, 0.2) is 158 Å². The number of para-hydroxylation sites is 4. The van der Waals surface area contributed by atoms with Crippen molar-refractivity contribution >= 4 is 43.6 Å². The molecule has 0 saturated heterocycles. The fourth-order valence-electron chi connectivity index (χ4n) is 7.34. The Hall–Kier alpha value is -6.88. The van der Waals surface area contributed by atoms with Gasteiger partial charge in [-0.3, -0.25) is 0 Å². The van der Waals surface area contributed by atoms with Gasteiger partial charge in [-0.1, -0.05) is 109 Å². The first-order chi connectivity index (χ1) is 23.7. The summed E-state index contributed by atoms with van der Waals surface area (Å²) in [6.07, 6.45) is 0. The van der Waals surface area contributed by atoms with Gasteiger partial charge in [0.1, 0.15) is 0 Å². The Morgan fingerprint density at radius 1 is 0.396 bits per heavy atom. The predicted molar refractivity (Wildman–Crippen MR) is 195 cm³/mol. The van der Waals surface area contributed by atoms with Crippen LogP contribution in [0.3, 0.4) is 0 Å². The van der Waals surface area contributed by atoms with E-state index in [0.29, 0.717) is 11.1 Å². The first-order valence-electron chi connectivity index (χ1n) is 15.9. The first kappa shape index (κ1) is 27.4. The molecule has 0 aliphatic rings. The molecule has 2 heterocycles. The third-order valence-corrected chi connectivity index (χ3v) is 9.43. The normalized spacial score (nSPS) is 11.3. The second-order valence-electron chi connectivity index (χ2n) is 12.0. The lowest BCUT2D eigenvalue weighted by Gasteiger charge is -2.16. The van der Waals surface area contributed by atoms with Gasteiger partial charge in [-0.25, -0.2) is 0 Å². The fourth-order valence-corrected chi connectivity index (χ4v) is 7.34. The van der Waals surface area contributed by atoms with Gasteiger partial charge in [0.15, 0.2) is 0 Å². The number of nitrogens with zero attached hydrogens (tertiary/aromatic N) is 4. The van der Waals surface area contributed by atoms with Crippen molar-refractivity contribution in [3.63, 3.8) is 0 Å². The fraction of sp³-hybridized carbons (Fsp3) is 0. The van der Waals surface area contributed by atoms with Gasteiger partial charge in [0.05, 0.1) is 51.0 Å². The van der Waals surface area contributed by atoms with E-state index in [2.05, 4.69) is 155 Å². The summed E-state index contributed by atoms with van der Waals surface area (Å²) >= 11 is 0. The van der Waals surface area contributed by atoms with Crippen LogP contribution < -0.4 is 0 Å². The van der Waals surface area contributed by atoms with E-state index in [1.165, 1.54) is 21.5 Å². The molecule has 9 aromatic rings. The molecule has 48 heavy (non-hydrogen) atoms. The van der Waals surface area contributed by atoms with E-state index in [1.807, 2.05) is 24.3 Å². The highest BCUT2D eigenvalue weighted by Crippen LogP contribution is 2.39. The van der Waals surface area contributed by atoms with E-state index in [-0.39, 0.29) is 0 Å². The molecule has 0 unspecified atom stereocenters. The van der Waals surface area contributed by atoms with Gasteiger partial charge in [-0.15, -0.1) is 0 Å². The zero-order valence-electron chi connectivity index (χ0n) is 25.8. The molecule has 0 aliphatic carbocycles. The van der Waals surface area contributed by atoms with Gasteiger partial charge < -0.3 is 9.13 Å². The zero-order valence-corrected chi connectivity index (χ0v) is 25.8. The molecular formula is C44H26N4. The Morgan fingerprint density at radius 3 is 1.40 bits per heavy atom. The highest BCUT2D eigenvalue weighted by Gasteiger charge is 2.19. The molecule has 0 radical (unpaired) electrons. The molecule has 0 amide bonds. The van der Waals surface area contributed by atoms with Crippen LogP contribution in [0.1, 0.15) is 11.1 Å². The van der Waals surface area contributed by atoms with Crippen molar-refractivity contribution in [1.29, 1.82) is 10.5 Å². The van der Waals surface area contributed by atoms with Crippen LogP contribution in [0.5, 0.6) is 0 Å². The standard InChI is InChI=1S/C44H26N4/c45-27-31-10-9-19-43(48-41-17-7-3-13-37(41)38-14-4-8-18-42(38)48)44(31)30-22-20-29(21-23-30)34-25-24-33(26-32(34)28-46)47-39-15-5-1-11-35(39)36-12-2-6-16-40(36)47/h1-26H. The Kier molecular flexibility index (Phi) is 6.22. The summed E-state index contributed by atoms with van der Waals surface area (Å²) in [5, 5.41) is 25.3. The number of aromatic nitrogens is 2. The highest BCUT2D eigenvalue weighted by atomic mass is 15.0. The second-order valence-corrected chi connectivity index (χ2v) is 12.0. The molecule has 0 N–H and O–H groups in total. The van der Waals surface area contributed by atoms with Crippen molar-refractivity contribution in [2.45, 2.75) is 0 Å². The predicted octanol–water partition coefficient (Wildman–Crippen LogP) is 11.0. The maximum atomic E-state index is 10.3. The van der Waals surface area contributed by atoms with E-state index in [4.69, 9.17) is 0 Å². The number of hydrogen-bond acceptors (Lipinski definition) is 2. The summed E-state index contributed by atoms with van der Waals surface area (Å²) in [7, 11) is 0. The van der Waals surface area contributed by atoms with Crippen molar-refractivity contribution in [2.24, 2.45) is 0 Å². The highest BCUT2D eigenvalue weighted by molar-refractivity contribution is 6.10. The minimum atomic E-state index is 0.602. The van der Waals surface area contributed by atoms with E-state index >= 15 is 0 Å². The van der Waals surface area contributed by atoms with Gasteiger partial charge in [-0.05, 0) is 65.2 Å². The molecule has 7 aromatic carbocycles. The Bertz CT molecular complexity index is 2690. The minimum absolute atomic E-state index is 0.602. The average Bonchev–Trinajstić information content (AvgIpc) is 3.67. The van der Waals surface area contributed by atoms with Crippen molar-refractivity contribution < 1.29 is 0 Å². The third kappa shape index (κ3) is 4.07. The van der Waals surface area contributed by atoms with Crippen molar-refractivity contribution in [1.82, 2.24) is 9.13 Å². The van der Waals surface area contributed by atoms with E-state index in [0.717, 1.165) is 55.7 Å². The number of hydrogen-bond donors (Lipinski definition) is 0. The summed E-state index contributed by atoms with van der Waals surface area (Å²) in [5.74, 6) is 0. The maximum Gasteiger partial charge on any atom is 0.0998 e. The lowest BCUT2D eigenvalue weighted by molar-refractivity contribution is 1.18. The van der Waals surface area contributed by atoms with Crippen LogP contribution in [0.4, 0.5) is 0 Å². The zero-order chi connectivity index (χ0) is 32.2. The minimum Gasteiger partial charge on any atom is -0.309 e. The number of benzene rings is 7. The SMILES string of the molecule is N#Cc1cc(-n2c3ccccc3c3ccccc32)ccc1-c1ccc(-c2c(C#N)cccc2-n2c3ccccc3c3ccccc32)cc1. The average molecular weight is 611 g/mol. The Morgan fingerprint density at radius 2 is 0.875 bits per heavy atom. The van der Waals surface area contributed by atoms with E-state index in [1.54, 1.807) is 0 Å². The smallest absolute Gasteiger partial charge is 0.0998 e. The monoisotopic (exact) mass is 610 g/mol. The molecule has 222 valence electrons. The largest absolute Gasteiger partial charge is 0.309 e. The molecule has 0 bridgehead atoms. The summed E-state index contributed by atoms with van der Waals surface area (Å²) in [5.41, 5.74) is 11.1. The van der Waals surface area contributed by atoms with Crippen LogP contribution in [0.2, 0.25) is 0 Å². The molecule has 0 saturated carbocycles. The molecule has 9 rings (SSSR count). The van der Waals surface area contributed by atoms with Crippen LogP contribution in [0.25, 0.3) is 77.2 Å². The molecule has 0 aliphatic heterocycles. The number of rotatable bonds is 4. The molecule has 0 spiro atoms. The number of nitriles is 2. The van der Waals surface area contributed by atoms with Gasteiger partial charge in [0.2, 0.25) is 0 Å². The first-order valence-corrected chi connectivity index (χ1v) is 15.9.